The molecule has 2 heterocycles. The van der Waals surface area contributed by atoms with Crippen LogP contribution in [-0.2, 0) is 28.8 Å². The van der Waals surface area contributed by atoms with Crippen molar-refractivity contribution in [3.05, 3.63) is 24.3 Å². The fourth-order valence-corrected chi connectivity index (χ4v) is 6.33. The fourth-order valence-electron chi connectivity index (χ4n) is 6.33. The lowest BCUT2D eigenvalue weighted by Crippen LogP contribution is -2.56. The van der Waals surface area contributed by atoms with Gasteiger partial charge in [0.1, 0.15) is 0 Å². The summed E-state index contributed by atoms with van der Waals surface area (Å²) in [7, 11) is 0. The third-order valence-electron chi connectivity index (χ3n) is 7.57. The Kier molecular flexibility index (Phi) is 3.30. The van der Waals surface area contributed by atoms with Crippen LogP contribution in [0.25, 0.3) is 0 Å². The maximum absolute atomic E-state index is 12.6. The van der Waals surface area contributed by atoms with Gasteiger partial charge in [-0.3, -0.25) is 28.8 Å². The number of allylic oxidation sites excluding steroid dienone is 4. The van der Waals surface area contributed by atoms with Gasteiger partial charge in [0.05, 0.1) is 23.7 Å². The number of hydrazine groups is 2. The summed E-state index contributed by atoms with van der Waals surface area (Å²) in [5.41, 5.74) is 4.11. The van der Waals surface area contributed by atoms with Gasteiger partial charge in [-0.25, -0.2) is 10.9 Å². The highest BCUT2D eigenvalue weighted by molar-refractivity contribution is 6.36. The minimum Gasteiger partial charge on any atom is -0.272 e. The van der Waals surface area contributed by atoms with E-state index in [4.69, 9.17) is 0 Å². The summed E-state index contributed by atoms with van der Waals surface area (Å²) in [6.07, 6.45) is 9.15. The zero-order chi connectivity index (χ0) is 20.9. The maximum Gasteiger partial charge on any atom is 0.330 e. The first-order chi connectivity index (χ1) is 14.4. The Morgan fingerprint density at radius 3 is 1.13 bits per heavy atom. The van der Waals surface area contributed by atoms with E-state index in [0.29, 0.717) is 10.0 Å². The van der Waals surface area contributed by atoms with Crippen molar-refractivity contribution in [1.82, 2.24) is 20.9 Å². The molecule has 30 heavy (non-hydrogen) atoms. The van der Waals surface area contributed by atoms with Crippen molar-refractivity contribution >= 4 is 35.4 Å². The first-order valence-electron chi connectivity index (χ1n) is 10.1. The quantitative estimate of drug-likeness (QED) is 0.329. The molecule has 0 aromatic rings. The number of carbonyl (C=O) groups excluding carboxylic acids is 6. The number of amides is 6. The lowest BCUT2D eigenvalue weighted by atomic mass is 9.85. The SMILES string of the molecule is O=C(NN1C(=O)C2C3C=CC(C3)C2C1=O)C(=O)NN1C(=O)C2C3C=CC(C3)C2C1=O. The number of nitrogens with zero attached hydrogens (tertiary/aromatic N) is 2. The zero-order valence-electron chi connectivity index (χ0n) is 15.7. The van der Waals surface area contributed by atoms with Crippen LogP contribution in [0.4, 0.5) is 0 Å². The maximum atomic E-state index is 12.6. The van der Waals surface area contributed by atoms with Crippen LogP contribution in [0.1, 0.15) is 12.8 Å². The number of rotatable bonds is 2. The Morgan fingerprint density at radius 1 is 0.600 bits per heavy atom. The topological polar surface area (TPSA) is 133 Å². The van der Waals surface area contributed by atoms with Crippen LogP contribution in [-0.4, -0.2) is 45.5 Å². The Bertz CT molecular complexity index is 877. The van der Waals surface area contributed by atoms with Crippen molar-refractivity contribution in [2.24, 2.45) is 47.3 Å². The summed E-state index contributed by atoms with van der Waals surface area (Å²) < 4.78 is 0. The molecular formula is C20H18N4O6. The van der Waals surface area contributed by atoms with Crippen molar-refractivity contribution in [3.8, 4) is 0 Å². The second-order valence-corrected chi connectivity index (χ2v) is 8.91. The van der Waals surface area contributed by atoms with Gasteiger partial charge < -0.3 is 0 Å². The molecule has 2 N–H and O–H groups in total. The Morgan fingerprint density at radius 2 is 0.867 bits per heavy atom. The van der Waals surface area contributed by atoms with E-state index in [1.165, 1.54) is 0 Å². The van der Waals surface area contributed by atoms with E-state index in [2.05, 4.69) is 10.9 Å². The number of nitrogens with one attached hydrogen (secondary N) is 2. The van der Waals surface area contributed by atoms with Gasteiger partial charge >= 0.3 is 11.8 Å². The standard InChI is InChI=1S/C20H18N4O6/c25-15(21-23-17(27)11-7-1-2-8(5-7)12(11)18(23)28)16(26)22-24-19(29)13-9-3-4-10(6-9)14(13)20(24)30/h1-4,7-14H,5-6H2,(H,21,25)(H,22,26). The van der Waals surface area contributed by atoms with E-state index in [1.807, 2.05) is 24.3 Å². The van der Waals surface area contributed by atoms with Gasteiger partial charge in [-0.1, -0.05) is 24.3 Å². The molecule has 10 nitrogen and oxygen atoms in total. The molecule has 2 saturated carbocycles. The highest BCUT2D eigenvalue weighted by Crippen LogP contribution is 2.53. The molecule has 154 valence electrons. The molecule has 0 spiro atoms. The molecule has 4 fully saturated rings. The van der Waals surface area contributed by atoms with Crippen molar-refractivity contribution < 1.29 is 28.8 Å². The van der Waals surface area contributed by atoms with Crippen molar-refractivity contribution in [1.29, 1.82) is 0 Å². The monoisotopic (exact) mass is 410 g/mol. The molecule has 8 atom stereocenters. The summed E-state index contributed by atoms with van der Waals surface area (Å²) in [5.74, 6) is -6.88. The fraction of sp³-hybridized carbons (Fsp3) is 0.500. The van der Waals surface area contributed by atoms with Gasteiger partial charge in [0, 0.05) is 0 Å². The molecule has 6 aliphatic rings. The molecule has 0 aromatic heterocycles. The van der Waals surface area contributed by atoms with Crippen LogP contribution in [0.15, 0.2) is 24.3 Å². The van der Waals surface area contributed by atoms with Gasteiger partial charge in [0.15, 0.2) is 0 Å². The molecule has 6 amide bonds. The number of carbonyl (C=O) groups is 6. The minimum absolute atomic E-state index is 0.0320. The van der Waals surface area contributed by atoms with Gasteiger partial charge in [-0.05, 0) is 36.5 Å². The third kappa shape index (κ3) is 2.03. The number of hydrogen-bond acceptors (Lipinski definition) is 6. The summed E-state index contributed by atoms with van der Waals surface area (Å²) in [6, 6.07) is 0. The Hall–Kier alpha value is -3.30. The third-order valence-corrected chi connectivity index (χ3v) is 7.57. The summed E-state index contributed by atoms with van der Waals surface area (Å²) in [5, 5.41) is 1.21. The predicted octanol–water partition coefficient (Wildman–Crippen LogP) is -1.34. The lowest BCUT2D eigenvalue weighted by molar-refractivity contribution is -0.157. The molecule has 4 bridgehead atoms. The Balaban J connectivity index is 1.13. The first kappa shape index (κ1) is 17.5. The largest absolute Gasteiger partial charge is 0.330 e. The molecule has 4 aliphatic carbocycles. The van der Waals surface area contributed by atoms with E-state index >= 15 is 0 Å². The van der Waals surface area contributed by atoms with Crippen LogP contribution in [0.5, 0.6) is 0 Å². The molecule has 2 saturated heterocycles. The highest BCUT2D eigenvalue weighted by Gasteiger charge is 2.61. The van der Waals surface area contributed by atoms with Crippen LogP contribution in [0.3, 0.4) is 0 Å². The summed E-state index contributed by atoms with van der Waals surface area (Å²) in [6.45, 7) is 0. The second kappa shape index (κ2) is 5.65. The van der Waals surface area contributed by atoms with Gasteiger partial charge in [0.2, 0.25) is 0 Å². The predicted molar refractivity (Wildman–Crippen MR) is 95.4 cm³/mol. The van der Waals surface area contributed by atoms with E-state index in [0.717, 1.165) is 12.8 Å². The van der Waals surface area contributed by atoms with Crippen LogP contribution in [0, 0.1) is 47.3 Å². The van der Waals surface area contributed by atoms with Gasteiger partial charge in [-0.2, -0.15) is 10.0 Å². The van der Waals surface area contributed by atoms with Crippen molar-refractivity contribution in [2.45, 2.75) is 12.8 Å². The van der Waals surface area contributed by atoms with E-state index in [1.54, 1.807) is 0 Å². The van der Waals surface area contributed by atoms with Gasteiger partial charge in [-0.15, -0.1) is 0 Å². The number of imide groups is 2. The average Bonchev–Trinajstić information content (AvgIpc) is 3.55. The number of hydrogen-bond donors (Lipinski definition) is 2. The van der Waals surface area contributed by atoms with Crippen molar-refractivity contribution in [2.75, 3.05) is 0 Å². The summed E-state index contributed by atoms with van der Waals surface area (Å²) >= 11 is 0. The van der Waals surface area contributed by atoms with E-state index < -0.39 is 59.1 Å². The normalized spacial score (nSPS) is 41.9. The smallest absolute Gasteiger partial charge is 0.272 e. The van der Waals surface area contributed by atoms with Crippen LogP contribution in [0.2, 0.25) is 0 Å². The highest BCUT2D eigenvalue weighted by atomic mass is 16.2. The minimum atomic E-state index is -1.28. The average molecular weight is 410 g/mol. The molecule has 0 aromatic carbocycles. The van der Waals surface area contributed by atoms with Crippen molar-refractivity contribution in [3.63, 3.8) is 0 Å². The molecule has 6 rings (SSSR count). The molecule has 10 heteroatoms. The summed E-state index contributed by atoms with van der Waals surface area (Å²) in [4.78, 5) is 75.1. The van der Waals surface area contributed by atoms with Crippen LogP contribution < -0.4 is 10.9 Å². The molecule has 2 aliphatic heterocycles. The Labute approximate surface area is 170 Å². The first-order valence-corrected chi connectivity index (χ1v) is 10.1. The van der Waals surface area contributed by atoms with E-state index in [-0.39, 0.29) is 23.7 Å². The van der Waals surface area contributed by atoms with E-state index in [9.17, 15) is 28.8 Å². The zero-order valence-corrected chi connectivity index (χ0v) is 15.7. The molecule has 8 unspecified atom stereocenters. The second-order valence-electron chi connectivity index (χ2n) is 8.91. The van der Waals surface area contributed by atoms with Gasteiger partial charge in [0.25, 0.3) is 23.6 Å². The molecule has 0 radical (unpaired) electrons. The lowest BCUT2D eigenvalue weighted by Gasteiger charge is -2.20. The number of fused-ring (bicyclic) bond motifs is 10. The molecular weight excluding hydrogens is 392 g/mol. The van der Waals surface area contributed by atoms with Crippen LogP contribution >= 0.6 is 0 Å².